The van der Waals surface area contributed by atoms with Crippen LogP contribution in [0.1, 0.15) is 78.1 Å². The van der Waals surface area contributed by atoms with Gasteiger partial charge in [0.2, 0.25) is 0 Å². The first kappa shape index (κ1) is 15.5. The van der Waals surface area contributed by atoms with Gasteiger partial charge in [-0.15, -0.1) is 0 Å². The topological polar surface area (TPSA) is 48.6 Å². The number of hydrogen-bond donors (Lipinski definition) is 0. The molecule has 4 aliphatic carbocycles. The molecular weight excluding hydrogens is 260 g/mol. The lowest BCUT2D eigenvalue weighted by molar-refractivity contribution is -0.138. The van der Waals surface area contributed by atoms with Crippen LogP contribution in [0.3, 0.4) is 0 Å². The Kier molecular flexibility index (Phi) is 3.75. The zero-order valence-electron chi connectivity index (χ0n) is 13.8. The highest BCUT2D eigenvalue weighted by Gasteiger charge is 2.59. The maximum absolute atomic E-state index is 12.4. The van der Waals surface area contributed by atoms with Crippen LogP contribution in [0, 0.1) is 34.5 Å². The van der Waals surface area contributed by atoms with Gasteiger partial charge >= 0.3 is 0 Å². The van der Waals surface area contributed by atoms with Crippen molar-refractivity contribution in [2.24, 2.45) is 34.5 Å². The predicted octanol–water partition coefficient (Wildman–Crippen LogP) is 4.16. The Balaban J connectivity index is 0.00000132. The number of Topliss-reactive ketones (excluding diaryl/α,β-unsaturated/α-hetero) is 1. The van der Waals surface area contributed by atoms with Crippen molar-refractivity contribution in [3.05, 3.63) is 0 Å². The Hall–Kier alpha value is -0.370. The zero-order valence-corrected chi connectivity index (χ0v) is 13.8. The molecule has 2 heteroatoms. The molecule has 0 aromatic carbocycles. The predicted molar refractivity (Wildman–Crippen MR) is 85.0 cm³/mol. The minimum atomic E-state index is 0. The van der Waals surface area contributed by atoms with Gasteiger partial charge in [0.15, 0.2) is 0 Å². The molecule has 0 heterocycles. The lowest BCUT2D eigenvalue weighted by Gasteiger charge is -2.59. The highest BCUT2D eigenvalue weighted by atomic mass is 16.1. The van der Waals surface area contributed by atoms with Gasteiger partial charge in [0.25, 0.3) is 0 Å². The first-order chi connectivity index (χ1) is 9.56. The van der Waals surface area contributed by atoms with E-state index >= 15 is 0 Å². The van der Waals surface area contributed by atoms with Crippen LogP contribution < -0.4 is 0 Å². The molecule has 6 atom stereocenters. The largest absolute Gasteiger partial charge is 0.412 e. The summed E-state index contributed by atoms with van der Waals surface area (Å²) in [6, 6.07) is 0. The van der Waals surface area contributed by atoms with Gasteiger partial charge < -0.3 is 5.48 Å². The number of carbonyl (C=O) groups excluding carboxylic acids is 1. The SMILES string of the molecule is C[C@]12CCCCC1CC[C@@H]1[C@@H]2CC[C@]2(C)C(=O)CC[C@@H]12.O. The lowest BCUT2D eigenvalue weighted by atomic mass is 9.45. The molecule has 0 aromatic heterocycles. The van der Waals surface area contributed by atoms with Crippen LogP contribution in [0.2, 0.25) is 0 Å². The van der Waals surface area contributed by atoms with E-state index in [4.69, 9.17) is 0 Å². The number of carbonyl (C=O) groups is 1. The molecule has 4 rings (SSSR count). The van der Waals surface area contributed by atoms with Crippen molar-refractivity contribution in [2.45, 2.75) is 78.1 Å². The molecule has 21 heavy (non-hydrogen) atoms. The van der Waals surface area contributed by atoms with Gasteiger partial charge in [-0.3, -0.25) is 4.79 Å². The van der Waals surface area contributed by atoms with E-state index in [1.807, 2.05) is 0 Å². The third-order valence-corrected chi connectivity index (χ3v) is 8.29. The van der Waals surface area contributed by atoms with Crippen LogP contribution in [0.25, 0.3) is 0 Å². The van der Waals surface area contributed by atoms with E-state index in [1.54, 1.807) is 0 Å². The summed E-state index contributed by atoms with van der Waals surface area (Å²) in [6.45, 7) is 4.92. The molecule has 0 saturated heterocycles. The Morgan fingerprint density at radius 2 is 1.71 bits per heavy atom. The molecule has 0 radical (unpaired) electrons. The maximum Gasteiger partial charge on any atom is 0.139 e. The van der Waals surface area contributed by atoms with Crippen LogP contribution >= 0.6 is 0 Å². The number of rotatable bonds is 0. The molecule has 0 amide bonds. The Morgan fingerprint density at radius 1 is 0.905 bits per heavy atom. The first-order valence-corrected chi connectivity index (χ1v) is 9.09. The highest BCUT2D eigenvalue weighted by molar-refractivity contribution is 5.87. The molecule has 4 saturated carbocycles. The molecule has 0 spiro atoms. The average molecular weight is 292 g/mol. The highest BCUT2D eigenvalue weighted by Crippen LogP contribution is 2.65. The van der Waals surface area contributed by atoms with E-state index in [0.717, 1.165) is 30.1 Å². The third kappa shape index (κ3) is 1.97. The molecule has 2 N–H and O–H groups in total. The summed E-state index contributed by atoms with van der Waals surface area (Å²) in [5.41, 5.74) is 0.688. The second-order valence-corrected chi connectivity index (χ2v) is 8.82. The van der Waals surface area contributed by atoms with Gasteiger partial charge in [-0.25, -0.2) is 0 Å². The van der Waals surface area contributed by atoms with Crippen molar-refractivity contribution in [3.8, 4) is 0 Å². The molecular formula is C19H32O2. The van der Waals surface area contributed by atoms with Gasteiger partial charge in [0.05, 0.1) is 0 Å². The summed E-state index contributed by atoms with van der Waals surface area (Å²) in [5.74, 6) is 4.13. The zero-order chi connectivity index (χ0) is 14.0. The third-order valence-electron chi connectivity index (χ3n) is 8.29. The van der Waals surface area contributed by atoms with Crippen molar-refractivity contribution < 1.29 is 10.3 Å². The number of ketones is 1. The summed E-state index contributed by atoms with van der Waals surface area (Å²) in [5, 5.41) is 0. The monoisotopic (exact) mass is 292 g/mol. The van der Waals surface area contributed by atoms with E-state index in [1.165, 1.54) is 57.8 Å². The summed E-state index contributed by atoms with van der Waals surface area (Å²) < 4.78 is 0. The number of hydrogen-bond acceptors (Lipinski definition) is 1. The van der Waals surface area contributed by atoms with Crippen LogP contribution in [-0.4, -0.2) is 11.3 Å². The second-order valence-electron chi connectivity index (χ2n) is 8.82. The standard InChI is InChI=1S/C19H30O.H2O/c1-18-11-4-3-5-13(18)6-7-14-15-8-9-17(20)19(15,2)12-10-16(14)18;/h13-16H,3-12H2,1-2H3;1H2/t13?,14-,15-,16-,18-,19-;/m0./s1. The van der Waals surface area contributed by atoms with Crippen molar-refractivity contribution in [1.82, 2.24) is 0 Å². The summed E-state index contributed by atoms with van der Waals surface area (Å²) in [4.78, 5) is 12.4. The Morgan fingerprint density at radius 3 is 2.52 bits per heavy atom. The minimum absolute atomic E-state index is 0. The van der Waals surface area contributed by atoms with Gasteiger partial charge in [-0.2, -0.15) is 0 Å². The van der Waals surface area contributed by atoms with Crippen LogP contribution in [-0.2, 0) is 4.79 Å². The lowest BCUT2D eigenvalue weighted by Crippen LogP contribution is -2.52. The van der Waals surface area contributed by atoms with Gasteiger partial charge in [0.1, 0.15) is 5.78 Å². The summed E-state index contributed by atoms with van der Waals surface area (Å²) in [6.07, 6.45) is 13.4. The quantitative estimate of drug-likeness (QED) is 0.661. The summed E-state index contributed by atoms with van der Waals surface area (Å²) >= 11 is 0. The van der Waals surface area contributed by atoms with Gasteiger partial charge in [-0.05, 0) is 74.0 Å². The second kappa shape index (κ2) is 5.08. The fourth-order valence-corrected chi connectivity index (χ4v) is 7.07. The van der Waals surface area contributed by atoms with Crippen LogP contribution in [0.15, 0.2) is 0 Å². The molecule has 0 aliphatic heterocycles. The van der Waals surface area contributed by atoms with Crippen LogP contribution in [0.5, 0.6) is 0 Å². The molecule has 0 aromatic rings. The van der Waals surface area contributed by atoms with Crippen molar-refractivity contribution in [3.63, 3.8) is 0 Å². The molecule has 4 fully saturated rings. The van der Waals surface area contributed by atoms with E-state index in [9.17, 15) is 4.79 Å². The molecule has 2 nitrogen and oxygen atoms in total. The molecule has 0 bridgehead atoms. The average Bonchev–Trinajstić information content (AvgIpc) is 2.74. The van der Waals surface area contributed by atoms with Crippen molar-refractivity contribution >= 4 is 5.78 Å². The van der Waals surface area contributed by atoms with Gasteiger partial charge in [-0.1, -0.05) is 26.7 Å². The van der Waals surface area contributed by atoms with E-state index in [0.29, 0.717) is 11.2 Å². The van der Waals surface area contributed by atoms with E-state index in [-0.39, 0.29) is 10.9 Å². The fraction of sp³-hybridized carbons (Fsp3) is 0.947. The summed E-state index contributed by atoms with van der Waals surface area (Å²) in [7, 11) is 0. The Bertz CT molecular complexity index is 431. The Labute approximate surface area is 129 Å². The van der Waals surface area contributed by atoms with E-state index in [2.05, 4.69) is 13.8 Å². The maximum atomic E-state index is 12.4. The first-order valence-electron chi connectivity index (χ1n) is 9.09. The van der Waals surface area contributed by atoms with Crippen LogP contribution in [0.4, 0.5) is 0 Å². The normalized spacial score (nSPS) is 52.4. The van der Waals surface area contributed by atoms with E-state index < -0.39 is 0 Å². The van der Waals surface area contributed by atoms with Crippen molar-refractivity contribution in [1.29, 1.82) is 0 Å². The molecule has 120 valence electrons. The molecule has 1 unspecified atom stereocenters. The number of fused-ring (bicyclic) bond motifs is 5. The fourth-order valence-electron chi connectivity index (χ4n) is 7.07. The minimum Gasteiger partial charge on any atom is -0.412 e. The molecule has 4 aliphatic rings. The van der Waals surface area contributed by atoms with Crippen molar-refractivity contribution in [2.75, 3.05) is 0 Å². The smallest absolute Gasteiger partial charge is 0.139 e. The van der Waals surface area contributed by atoms with Gasteiger partial charge in [0, 0.05) is 11.8 Å².